The van der Waals surface area contributed by atoms with Crippen LogP contribution in [0.1, 0.15) is 38.8 Å². The maximum atomic E-state index is 13.2. The second-order valence-electron chi connectivity index (χ2n) is 8.28. The molecule has 0 unspecified atom stereocenters. The van der Waals surface area contributed by atoms with Gasteiger partial charge in [0.2, 0.25) is 0 Å². The molecule has 8 nitrogen and oxygen atoms in total. The van der Waals surface area contributed by atoms with Crippen LogP contribution in [0.4, 0.5) is 17.1 Å². The summed E-state index contributed by atoms with van der Waals surface area (Å²) in [6, 6.07) is 18.2. The van der Waals surface area contributed by atoms with E-state index in [0.29, 0.717) is 17.1 Å². The highest BCUT2D eigenvalue weighted by atomic mass is 35.5. The number of anilines is 3. The van der Waals surface area contributed by atoms with E-state index in [-0.39, 0.29) is 28.5 Å². The van der Waals surface area contributed by atoms with Gasteiger partial charge in [0.05, 0.1) is 23.5 Å². The highest BCUT2D eigenvalue weighted by molar-refractivity contribution is 6.53. The minimum atomic E-state index is -0.632. The van der Waals surface area contributed by atoms with Crippen molar-refractivity contribution in [1.82, 2.24) is 0 Å². The van der Waals surface area contributed by atoms with Crippen LogP contribution in [-0.4, -0.2) is 30.3 Å². The fraction of sp³-hybridized carbons (Fsp3) is 0.143. The van der Waals surface area contributed by atoms with Gasteiger partial charge in [-0.25, -0.2) is 9.69 Å². The van der Waals surface area contributed by atoms with E-state index in [2.05, 4.69) is 10.6 Å². The fourth-order valence-corrected chi connectivity index (χ4v) is 4.08. The van der Waals surface area contributed by atoms with Gasteiger partial charge in [0.25, 0.3) is 17.7 Å². The highest BCUT2D eigenvalue weighted by Crippen LogP contribution is 2.33. The van der Waals surface area contributed by atoms with Gasteiger partial charge in [-0.1, -0.05) is 41.9 Å². The number of esters is 1. The summed E-state index contributed by atoms with van der Waals surface area (Å²) >= 11 is 6.27. The van der Waals surface area contributed by atoms with E-state index >= 15 is 0 Å². The number of halogens is 1. The molecule has 0 bridgehead atoms. The van der Waals surface area contributed by atoms with E-state index in [1.807, 2.05) is 19.9 Å². The van der Waals surface area contributed by atoms with Crippen LogP contribution in [0.2, 0.25) is 0 Å². The minimum absolute atomic E-state index is 0.0854. The first-order chi connectivity index (χ1) is 17.7. The molecule has 2 N–H and O–H groups in total. The monoisotopic (exact) mass is 517 g/mol. The van der Waals surface area contributed by atoms with E-state index in [4.69, 9.17) is 16.3 Å². The Balaban J connectivity index is 1.55. The molecule has 0 saturated carbocycles. The Bertz CT molecular complexity index is 1460. The van der Waals surface area contributed by atoms with E-state index in [9.17, 15) is 19.2 Å². The predicted molar refractivity (Wildman–Crippen MR) is 142 cm³/mol. The molecule has 37 heavy (non-hydrogen) atoms. The maximum absolute atomic E-state index is 13.2. The Morgan fingerprint density at radius 2 is 1.68 bits per heavy atom. The van der Waals surface area contributed by atoms with Gasteiger partial charge in [0, 0.05) is 11.3 Å². The number of ether oxygens (including phenoxy) is 1. The lowest BCUT2D eigenvalue weighted by molar-refractivity contribution is -0.120. The molecule has 3 aromatic rings. The molecule has 0 radical (unpaired) electrons. The summed E-state index contributed by atoms with van der Waals surface area (Å²) in [6.07, 6.45) is 0. The quantitative estimate of drug-likeness (QED) is 0.331. The lowest BCUT2D eigenvalue weighted by atomic mass is 10.1. The molecule has 1 aliphatic heterocycles. The molecule has 0 spiro atoms. The first kappa shape index (κ1) is 25.7. The second-order valence-corrected chi connectivity index (χ2v) is 8.66. The van der Waals surface area contributed by atoms with E-state index in [0.717, 1.165) is 16.0 Å². The average molecular weight is 518 g/mol. The summed E-state index contributed by atoms with van der Waals surface area (Å²) < 4.78 is 5.05. The van der Waals surface area contributed by atoms with Gasteiger partial charge in [-0.15, -0.1) is 0 Å². The Kier molecular flexibility index (Phi) is 7.40. The van der Waals surface area contributed by atoms with Crippen LogP contribution in [0.5, 0.6) is 0 Å². The Labute approximate surface area is 218 Å². The predicted octanol–water partition coefficient (Wildman–Crippen LogP) is 5.17. The third-order valence-electron chi connectivity index (χ3n) is 5.91. The summed E-state index contributed by atoms with van der Waals surface area (Å²) in [5.74, 6) is -2.26. The first-order valence-electron chi connectivity index (χ1n) is 11.5. The molecular formula is C28H24ClN3O5. The topological polar surface area (TPSA) is 105 Å². The number of nitrogens with one attached hydrogen (secondary N) is 2. The number of aryl methyl sites for hydroxylation is 1. The van der Waals surface area contributed by atoms with Gasteiger partial charge < -0.3 is 15.4 Å². The van der Waals surface area contributed by atoms with Crippen LogP contribution < -0.4 is 15.5 Å². The lowest BCUT2D eigenvalue weighted by Gasteiger charge is -2.18. The van der Waals surface area contributed by atoms with Crippen LogP contribution in [0.15, 0.2) is 77.5 Å². The number of benzene rings is 3. The van der Waals surface area contributed by atoms with Crippen molar-refractivity contribution in [2.24, 2.45) is 0 Å². The summed E-state index contributed by atoms with van der Waals surface area (Å²) in [5.41, 5.74) is 3.25. The minimum Gasteiger partial charge on any atom is -0.462 e. The summed E-state index contributed by atoms with van der Waals surface area (Å²) in [4.78, 5) is 52.3. The Morgan fingerprint density at radius 1 is 0.946 bits per heavy atom. The number of carbonyl (C=O) groups is 4. The number of carbonyl (C=O) groups excluding carboxylic acids is 4. The second kappa shape index (κ2) is 10.7. The molecule has 1 aliphatic rings. The van der Waals surface area contributed by atoms with Crippen molar-refractivity contribution in [3.05, 3.63) is 99.7 Å². The highest BCUT2D eigenvalue weighted by Gasteiger charge is 2.39. The number of hydrogen-bond acceptors (Lipinski definition) is 6. The van der Waals surface area contributed by atoms with Crippen molar-refractivity contribution in [1.29, 1.82) is 0 Å². The molecule has 188 valence electrons. The zero-order valence-electron chi connectivity index (χ0n) is 20.4. The van der Waals surface area contributed by atoms with Crippen LogP contribution >= 0.6 is 11.6 Å². The van der Waals surface area contributed by atoms with Gasteiger partial charge in [0.1, 0.15) is 10.7 Å². The molecule has 9 heteroatoms. The molecule has 3 aromatic carbocycles. The number of hydrogen-bond donors (Lipinski definition) is 2. The normalized spacial score (nSPS) is 13.1. The summed E-state index contributed by atoms with van der Waals surface area (Å²) in [7, 11) is 0. The number of rotatable bonds is 7. The molecule has 1 heterocycles. The van der Waals surface area contributed by atoms with E-state index in [1.165, 1.54) is 6.07 Å². The van der Waals surface area contributed by atoms with Gasteiger partial charge in [0.15, 0.2) is 0 Å². The van der Waals surface area contributed by atoms with Gasteiger partial charge in [-0.05, 0) is 68.3 Å². The molecule has 0 aromatic heterocycles. The number of para-hydroxylation sites is 1. The zero-order chi connectivity index (χ0) is 26.7. The number of nitrogens with zero attached hydrogens (tertiary/aromatic N) is 1. The smallest absolute Gasteiger partial charge is 0.340 e. The number of amides is 3. The molecular weight excluding hydrogens is 494 g/mol. The van der Waals surface area contributed by atoms with Crippen molar-refractivity contribution < 1.29 is 23.9 Å². The lowest BCUT2D eigenvalue weighted by Crippen LogP contribution is -2.33. The Morgan fingerprint density at radius 3 is 2.43 bits per heavy atom. The van der Waals surface area contributed by atoms with E-state index < -0.39 is 23.7 Å². The molecule has 3 amide bonds. The third-order valence-corrected chi connectivity index (χ3v) is 6.26. The van der Waals surface area contributed by atoms with Crippen molar-refractivity contribution in [3.8, 4) is 0 Å². The largest absolute Gasteiger partial charge is 0.462 e. The van der Waals surface area contributed by atoms with Gasteiger partial charge >= 0.3 is 5.97 Å². The molecule has 0 aliphatic carbocycles. The first-order valence-corrected chi connectivity index (χ1v) is 11.9. The summed E-state index contributed by atoms with van der Waals surface area (Å²) in [6.45, 7) is 5.62. The van der Waals surface area contributed by atoms with E-state index in [1.54, 1.807) is 61.5 Å². The summed E-state index contributed by atoms with van der Waals surface area (Å²) in [5, 5.41) is 5.36. The van der Waals surface area contributed by atoms with Crippen LogP contribution in [-0.2, 0) is 14.3 Å². The Hall–Kier alpha value is -4.43. The standard InChI is InChI=1S/C28H24ClN3O5/c1-4-37-28(36)20-12-5-6-13-21(20)31-25(33)18-10-8-11-19(15-18)30-24-23(29)26(34)32(27(24)35)22-14-7-9-16(2)17(22)3/h5-15,30H,4H2,1-3H3,(H,31,33). The van der Waals surface area contributed by atoms with Crippen LogP contribution in [0.3, 0.4) is 0 Å². The third kappa shape index (κ3) is 5.10. The van der Waals surface area contributed by atoms with Crippen LogP contribution in [0, 0.1) is 13.8 Å². The van der Waals surface area contributed by atoms with Gasteiger partial charge in [-0.2, -0.15) is 0 Å². The van der Waals surface area contributed by atoms with Crippen molar-refractivity contribution in [3.63, 3.8) is 0 Å². The molecule has 0 saturated heterocycles. The number of imide groups is 1. The van der Waals surface area contributed by atoms with Crippen molar-refractivity contribution in [2.45, 2.75) is 20.8 Å². The average Bonchev–Trinajstić information content (AvgIpc) is 3.09. The van der Waals surface area contributed by atoms with Gasteiger partial charge in [-0.3, -0.25) is 14.4 Å². The van der Waals surface area contributed by atoms with Crippen molar-refractivity contribution >= 4 is 52.4 Å². The zero-order valence-corrected chi connectivity index (χ0v) is 21.2. The molecule has 0 atom stereocenters. The van der Waals surface area contributed by atoms with Crippen molar-refractivity contribution in [2.75, 3.05) is 22.1 Å². The maximum Gasteiger partial charge on any atom is 0.340 e. The SMILES string of the molecule is CCOC(=O)c1ccccc1NC(=O)c1cccc(NC2=C(Cl)C(=O)N(c3cccc(C)c3C)C2=O)c1. The molecule has 0 fully saturated rings. The van der Waals surface area contributed by atoms with Crippen LogP contribution in [0.25, 0.3) is 0 Å². The molecule has 4 rings (SSSR count). The fourth-order valence-electron chi connectivity index (χ4n) is 3.86.